The molecule has 1 aromatic carbocycles. The first-order chi connectivity index (χ1) is 15.7. The Morgan fingerprint density at radius 1 is 1.12 bits per heavy atom. The fourth-order valence-corrected chi connectivity index (χ4v) is 4.14. The van der Waals surface area contributed by atoms with Crippen LogP contribution < -0.4 is 10.6 Å². The van der Waals surface area contributed by atoms with E-state index in [4.69, 9.17) is 4.74 Å². The van der Waals surface area contributed by atoms with Crippen molar-refractivity contribution in [2.75, 3.05) is 0 Å². The number of ether oxygens (including phenoxy) is 1. The molecule has 5 unspecified atom stereocenters. The van der Waals surface area contributed by atoms with Crippen molar-refractivity contribution in [2.24, 2.45) is 5.92 Å². The summed E-state index contributed by atoms with van der Waals surface area (Å²) in [6.07, 6.45) is 1.98. The molecule has 0 spiro atoms. The number of benzene rings is 1. The highest BCUT2D eigenvalue weighted by Gasteiger charge is 2.47. The van der Waals surface area contributed by atoms with Crippen LogP contribution in [0.15, 0.2) is 18.2 Å². The Balaban J connectivity index is 2.41. The van der Waals surface area contributed by atoms with Gasteiger partial charge in [-0.1, -0.05) is 38.5 Å². The molecular formula is C27H43N3O4. The molecule has 1 aromatic rings. The first-order valence-corrected chi connectivity index (χ1v) is 12.4. The first kappa shape index (κ1) is 27.7. The predicted octanol–water partition coefficient (Wildman–Crippen LogP) is 4.80. The number of rotatable bonds is 9. The molecule has 7 heteroatoms. The van der Waals surface area contributed by atoms with Crippen LogP contribution in [0.4, 0.5) is 4.79 Å². The number of amides is 3. The number of hydrogen-bond donors (Lipinski definition) is 2. The Morgan fingerprint density at radius 2 is 1.74 bits per heavy atom. The van der Waals surface area contributed by atoms with E-state index in [1.807, 2.05) is 39.0 Å². The van der Waals surface area contributed by atoms with Gasteiger partial charge < -0.3 is 20.3 Å². The molecule has 1 saturated carbocycles. The molecule has 3 amide bonds. The molecule has 1 fully saturated rings. The molecule has 0 heterocycles. The zero-order valence-electron chi connectivity index (χ0n) is 22.3. The summed E-state index contributed by atoms with van der Waals surface area (Å²) in [6, 6.07) is 4.23. The average molecular weight is 474 g/mol. The molecule has 34 heavy (non-hydrogen) atoms. The van der Waals surface area contributed by atoms with Gasteiger partial charge in [-0.15, -0.1) is 0 Å². The van der Waals surface area contributed by atoms with Crippen molar-refractivity contribution in [2.45, 2.75) is 111 Å². The van der Waals surface area contributed by atoms with Crippen molar-refractivity contribution >= 4 is 17.9 Å². The van der Waals surface area contributed by atoms with Crippen LogP contribution in [0.1, 0.15) is 90.5 Å². The highest BCUT2D eigenvalue weighted by Crippen LogP contribution is 2.41. The van der Waals surface area contributed by atoms with Gasteiger partial charge >= 0.3 is 6.09 Å². The van der Waals surface area contributed by atoms with Crippen LogP contribution in [0.2, 0.25) is 0 Å². The molecule has 5 atom stereocenters. The molecule has 0 aliphatic heterocycles. The largest absolute Gasteiger partial charge is 0.444 e. The summed E-state index contributed by atoms with van der Waals surface area (Å²) in [6.45, 7) is 17.1. The molecule has 2 rings (SSSR count). The summed E-state index contributed by atoms with van der Waals surface area (Å²) in [4.78, 5) is 41.4. The van der Waals surface area contributed by atoms with Gasteiger partial charge in [0.1, 0.15) is 17.7 Å². The van der Waals surface area contributed by atoms with Crippen molar-refractivity contribution in [3.8, 4) is 0 Å². The van der Waals surface area contributed by atoms with Crippen LogP contribution in [0.5, 0.6) is 0 Å². The fraction of sp³-hybridized carbons (Fsp3) is 0.667. The van der Waals surface area contributed by atoms with Gasteiger partial charge in [-0.2, -0.15) is 0 Å². The first-order valence-electron chi connectivity index (χ1n) is 12.4. The SMILES string of the molecule is CCCC(C)NC(=O)C(c1ccc(C)c(C)c1)N(C(=O)C(C)NC(=O)OC(C)(C)C)C1CC1C. The van der Waals surface area contributed by atoms with Crippen LogP contribution in [-0.2, 0) is 14.3 Å². The highest BCUT2D eigenvalue weighted by atomic mass is 16.6. The molecular weight excluding hydrogens is 430 g/mol. The van der Waals surface area contributed by atoms with Gasteiger partial charge in [0.2, 0.25) is 11.8 Å². The maximum absolute atomic E-state index is 13.7. The van der Waals surface area contributed by atoms with E-state index in [-0.39, 0.29) is 29.8 Å². The van der Waals surface area contributed by atoms with Gasteiger partial charge in [0.25, 0.3) is 0 Å². The highest BCUT2D eigenvalue weighted by molar-refractivity contribution is 5.92. The van der Waals surface area contributed by atoms with Crippen LogP contribution in [0.3, 0.4) is 0 Å². The zero-order chi connectivity index (χ0) is 25.8. The normalized spacial score (nSPS) is 20.0. The van der Waals surface area contributed by atoms with Gasteiger partial charge in [0.05, 0.1) is 0 Å². The summed E-state index contributed by atoms with van der Waals surface area (Å²) in [5.41, 5.74) is 2.30. The van der Waals surface area contributed by atoms with E-state index in [1.54, 1.807) is 32.6 Å². The maximum Gasteiger partial charge on any atom is 0.408 e. The number of aryl methyl sites for hydroxylation is 2. The maximum atomic E-state index is 13.7. The lowest BCUT2D eigenvalue weighted by Gasteiger charge is -2.35. The minimum atomic E-state index is -0.836. The number of nitrogens with one attached hydrogen (secondary N) is 2. The van der Waals surface area contributed by atoms with E-state index < -0.39 is 23.8 Å². The summed E-state index contributed by atoms with van der Waals surface area (Å²) in [7, 11) is 0. The number of hydrogen-bond acceptors (Lipinski definition) is 4. The molecule has 0 aromatic heterocycles. The minimum Gasteiger partial charge on any atom is -0.444 e. The second kappa shape index (κ2) is 11.2. The summed E-state index contributed by atoms with van der Waals surface area (Å²) >= 11 is 0. The molecule has 190 valence electrons. The Labute approximate surface area is 205 Å². The lowest BCUT2D eigenvalue weighted by atomic mass is 9.97. The van der Waals surface area contributed by atoms with E-state index >= 15 is 0 Å². The second-order valence-corrected chi connectivity index (χ2v) is 10.8. The van der Waals surface area contributed by atoms with Crippen molar-refractivity contribution < 1.29 is 19.1 Å². The summed E-state index contributed by atoms with van der Waals surface area (Å²) < 4.78 is 5.34. The molecule has 0 saturated heterocycles. The number of carbonyl (C=O) groups excluding carboxylic acids is 3. The Hall–Kier alpha value is -2.57. The molecule has 0 bridgehead atoms. The standard InChI is InChI=1S/C27H43N3O4/c1-10-11-19(5)28-24(31)23(21-13-12-16(2)17(3)14-21)30(22-15-18(22)4)25(32)20(6)29-26(33)34-27(7,8)9/h12-14,18-20,22-23H,10-11,15H2,1-9H3,(H,28,31)(H,29,33). The van der Waals surface area contributed by atoms with Crippen LogP contribution in [0.25, 0.3) is 0 Å². The van der Waals surface area contributed by atoms with E-state index in [1.165, 1.54) is 0 Å². The van der Waals surface area contributed by atoms with Crippen molar-refractivity contribution in [1.29, 1.82) is 0 Å². The molecule has 7 nitrogen and oxygen atoms in total. The van der Waals surface area contributed by atoms with Crippen LogP contribution in [0, 0.1) is 19.8 Å². The topological polar surface area (TPSA) is 87.7 Å². The van der Waals surface area contributed by atoms with Crippen LogP contribution >= 0.6 is 0 Å². The number of carbonyl (C=O) groups is 3. The van der Waals surface area contributed by atoms with Gasteiger partial charge in [-0.05, 0) is 83.9 Å². The smallest absolute Gasteiger partial charge is 0.408 e. The van der Waals surface area contributed by atoms with Crippen molar-refractivity contribution in [3.05, 3.63) is 34.9 Å². The summed E-state index contributed by atoms with van der Waals surface area (Å²) in [5.74, 6) is -0.199. The fourth-order valence-electron chi connectivity index (χ4n) is 4.14. The molecule has 2 N–H and O–H groups in total. The van der Waals surface area contributed by atoms with E-state index in [2.05, 4.69) is 24.5 Å². The molecule has 0 radical (unpaired) electrons. The number of nitrogens with zero attached hydrogens (tertiary/aromatic N) is 1. The molecule has 1 aliphatic carbocycles. The molecule has 1 aliphatic rings. The average Bonchev–Trinajstić information content (AvgIpc) is 3.42. The Bertz CT molecular complexity index is 892. The second-order valence-electron chi connectivity index (χ2n) is 10.8. The Kier molecular flexibility index (Phi) is 9.15. The predicted molar refractivity (Wildman–Crippen MR) is 134 cm³/mol. The monoisotopic (exact) mass is 473 g/mol. The van der Waals surface area contributed by atoms with Crippen LogP contribution in [-0.4, -0.2) is 46.5 Å². The quantitative estimate of drug-likeness (QED) is 0.539. The summed E-state index contributed by atoms with van der Waals surface area (Å²) in [5, 5.41) is 5.77. The third kappa shape index (κ3) is 7.47. The van der Waals surface area contributed by atoms with Gasteiger partial charge in [0.15, 0.2) is 0 Å². The van der Waals surface area contributed by atoms with Gasteiger partial charge in [0, 0.05) is 12.1 Å². The lowest BCUT2D eigenvalue weighted by molar-refractivity contribution is -0.143. The van der Waals surface area contributed by atoms with E-state index in [0.717, 1.165) is 36.0 Å². The zero-order valence-corrected chi connectivity index (χ0v) is 22.3. The third-order valence-corrected chi connectivity index (χ3v) is 6.27. The van der Waals surface area contributed by atoms with Crippen molar-refractivity contribution in [3.63, 3.8) is 0 Å². The van der Waals surface area contributed by atoms with E-state index in [9.17, 15) is 14.4 Å². The third-order valence-electron chi connectivity index (χ3n) is 6.27. The number of alkyl carbamates (subject to hydrolysis) is 1. The minimum absolute atomic E-state index is 0.00237. The van der Waals surface area contributed by atoms with Gasteiger partial charge in [-0.3, -0.25) is 9.59 Å². The van der Waals surface area contributed by atoms with Gasteiger partial charge in [-0.25, -0.2) is 4.79 Å². The van der Waals surface area contributed by atoms with E-state index in [0.29, 0.717) is 0 Å². The lowest BCUT2D eigenvalue weighted by Crippen LogP contribution is -2.53. The Morgan fingerprint density at radius 3 is 2.24 bits per heavy atom. The van der Waals surface area contributed by atoms with Crippen molar-refractivity contribution in [1.82, 2.24) is 15.5 Å².